The number of carboxylic acids is 1. The number of aliphatic carboxylic acids is 1. The van der Waals surface area contributed by atoms with Gasteiger partial charge in [-0.15, -0.1) is 11.8 Å². The molecule has 5 nitrogen and oxygen atoms in total. The number of aliphatic hydroxyl groups is 1. The van der Waals surface area contributed by atoms with Crippen LogP contribution in [0.25, 0.3) is 0 Å². The molecule has 0 saturated carbocycles. The summed E-state index contributed by atoms with van der Waals surface area (Å²) in [6, 6.07) is 7.81. The Morgan fingerprint density at radius 1 is 1.27 bits per heavy atom. The summed E-state index contributed by atoms with van der Waals surface area (Å²) < 4.78 is 0. The van der Waals surface area contributed by atoms with Crippen LogP contribution in [-0.2, 0) is 9.59 Å². The highest BCUT2D eigenvalue weighted by molar-refractivity contribution is 8.00. The summed E-state index contributed by atoms with van der Waals surface area (Å²) in [5, 5.41) is 19.1. The Kier molecular flexibility index (Phi) is 4.81. The second-order valence-corrected chi connectivity index (χ2v) is 6.80. The van der Waals surface area contributed by atoms with Gasteiger partial charge in [-0.2, -0.15) is 0 Å². The lowest BCUT2D eigenvalue weighted by molar-refractivity contribution is -0.146. The van der Waals surface area contributed by atoms with Gasteiger partial charge < -0.3 is 10.2 Å². The molecule has 1 aliphatic heterocycles. The van der Waals surface area contributed by atoms with Gasteiger partial charge in [0.1, 0.15) is 5.76 Å². The van der Waals surface area contributed by atoms with Crippen molar-refractivity contribution < 1.29 is 19.8 Å². The minimum absolute atomic E-state index is 0.265. The molecule has 1 fully saturated rings. The van der Waals surface area contributed by atoms with Crippen molar-refractivity contribution in [1.29, 1.82) is 0 Å². The fourth-order valence-corrected chi connectivity index (χ4v) is 3.30. The molecule has 1 saturated heterocycles. The van der Waals surface area contributed by atoms with Crippen LogP contribution < -0.4 is 0 Å². The molecule has 1 heterocycles. The molecule has 1 aromatic carbocycles. The topological polar surface area (TPSA) is 77.8 Å². The number of nitrogens with zero attached hydrogens (tertiary/aromatic N) is 1. The first-order valence-electron chi connectivity index (χ1n) is 7.03. The Morgan fingerprint density at radius 3 is 2.32 bits per heavy atom. The number of thioether (sulfide) groups is 1. The number of β-lactam (4-membered cyclic amide) rings is 1. The molecule has 0 spiro atoms. The van der Waals surface area contributed by atoms with Crippen LogP contribution >= 0.6 is 11.8 Å². The van der Waals surface area contributed by atoms with Crippen LogP contribution in [0.15, 0.2) is 40.6 Å². The number of hydrogen-bond donors (Lipinski definition) is 2. The zero-order valence-corrected chi connectivity index (χ0v) is 13.6. The van der Waals surface area contributed by atoms with Gasteiger partial charge in [-0.25, -0.2) is 4.79 Å². The van der Waals surface area contributed by atoms with Crippen molar-refractivity contribution in [3.8, 4) is 0 Å². The van der Waals surface area contributed by atoms with Crippen LogP contribution in [0, 0.1) is 12.8 Å². The molecule has 0 aromatic heterocycles. The third-order valence-electron chi connectivity index (χ3n) is 3.43. The van der Waals surface area contributed by atoms with Crippen LogP contribution in [0.3, 0.4) is 0 Å². The Morgan fingerprint density at radius 2 is 1.86 bits per heavy atom. The Labute approximate surface area is 133 Å². The maximum absolute atomic E-state index is 11.9. The van der Waals surface area contributed by atoms with E-state index in [0.29, 0.717) is 0 Å². The average Bonchev–Trinajstić information content (AvgIpc) is 2.45. The van der Waals surface area contributed by atoms with E-state index in [0.717, 1.165) is 10.5 Å². The lowest BCUT2D eigenvalue weighted by atomic mass is 10.1. The summed E-state index contributed by atoms with van der Waals surface area (Å²) >= 11 is 1.42. The van der Waals surface area contributed by atoms with Gasteiger partial charge in [0.2, 0.25) is 5.91 Å². The number of allylic oxidation sites excluding steroid dienone is 1. The van der Waals surface area contributed by atoms with E-state index < -0.39 is 5.97 Å². The molecular formula is C16H19NO4S. The zero-order chi connectivity index (χ0) is 16.4. The molecule has 0 bridgehead atoms. The molecule has 118 valence electrons. The molecule has 1 unspecified atom stereocenters. The van der Waals surface area contributed by atoms with Gasteiger partial charge in [-0.3, -0.25) is 9.69 Å². The molecule has 2 rings (SSSR count). The van der Waals surface area contributed by atoms with Crippen LogP contribution in [-0.4, -0.2) is 32.4 Å². The van der Waals surface area contributed by atoms with Gasteiger partial charge in [0.05, 0.1) is 11.8 Å². The van der Waals surface area contributed by atoms with E-state index in [-0.39, 0.29) is 35.1 Å². The second-order valence-electron chi connectivity index (χ2n) is 5.55. The van der Waals surface area contributed by atoms with Gasteiger partial charge in [0, 0.05) is 10.8 Å². The summed E-state index contributed by atoms with van der Waals surface area (Å²) in [5.74, 6) is -2.19. The minimum atomic E-state index is -1.28. The fraction of sp³-hybridized carbons (Fsp3) is 0.375. The first kappa shape index (κ1) is 16.4. The van der Waals surface area contributed by atoms with Gasteiger partial charge in [-0.05, 0) is 19.1 Å². The summed E-state index contributed by atoms with van der Waals surface area (Å²) in [6.45, 7) is 5.36. The quantitative estimate of drug-likeness (QED) is 0.495. The van der Waals surface area contributed by atoms with Crippen molar-refractivity contribution in [3.63, 3.8) is 0 Å². The number of carboxylic acid groups (broad SMARTS) is 1. The van der Waals surface area contributed by atoms with Crippen molar-refractivity contribution in [2.75, 3.05) is 0 Å². The lowest BCUT2D eigenvalue weighted by Gasteiger charge is -2.40. The standard InChI is InChI=1S/C16H19NO4S/c1-9(2)15(19)14(16(20)21)17-12(18)8-13(17)22-11-6-4-10(3)5-7-11/h4-7,9,13,19H,8H2,1-3H3,(H,20,21). The number of likely N-dealkylation sites (tertiary alicyclic amines) is 1. The van der Waals surface area contributed by atoms with E-state index in [9.17, 15) is 19.8 Å². The van der Waals surface area contributed by atoms with Crippen LogP contribution in [0.4, 0.5) is 0 Å². The fourth-order valence-electron chi connectivity index (χ4n) is 2.13. The minimum Gasteiger partial charge on any atom is -0.510 e. The van der Waals surface area contributed by atoms with Crippen molar-refractivity contribution in [2.24, 2.45) is 5.92 Å². The number of carbonyl (C=O) groups excluding carboxylic acids is 1. The molecule has 1 aliphatic rings. The molecule has 22 heavy (non-hydrogen) atoms. The molecular weight excluding hydrogens is 302 g/mol. The van der Waals surface area contributed by atoms with Gasteiger partial charge >= 0.3 is 5.97 Å². The number of aliphatic hydroxyl groups excluding tert-OH is 1. The molecule has 0 aliphatic carbocycles. The highest BCUT2D eigenvalue weighted by atomic mass is 32.2. The second kappa shape index (κ2) is 6.44. The van der Waals surface area contributed by atoms with Crippen molar-refractivity contribution in [1.82, 2.24) is 4.90 Å². The zero-order valence-electron chi connectivity index (χ0n) is 12.7. The van der Waals surface area contributed by atoms with Gasteiger partial charge in [0.15, 0.2) is 5.70 Å². The first-order chi connectivity index (χ1) is 10.3. The summed E-state index contributed by atoms with van der Waals surface area (Å²) in [7, 11) is 0. The maximum atomic E-state index is 11.9. The normalized spacial score (nSPS) is 19.0. The number of amides is 1. The number of rotatable bonds is 5. The predicted octanol–water partition coefficient (Wildman–Crippen LogP) is 3.16. The number of aryl methyl sites for hydroxylation is 1. The van der Waals surface area contributed by atoms with Crippen LogP contribution in [0.2, 0.25) is 0 Å². The van der Waals surface area contributed by atoms with Gasteiger partial charge in [-0.1, -0.05) is 31.5 Å². The monoisotopic (exact) mass is 321 g/mol. The summed E-state index contributed by atoms with van der Waals surface area (Å²) in [5.41, 5.74) is 0.824. The van der Waals surface area contributed by atoms with E-state index in [1.807, 2.05) is 31.2 Å². The van der Waals surface area contributed by atoms with E-state index >= 15 is 0 Å². The van der Waals surface area contributed by atoms with Crippen molar-refractivity contribution >= 4 is 23.6 Å². The number of hydrogen-bond acceptors (Lipinski definition) is 4. The third-order valence-corrected chi connectivity index (χ3v) is 4.63. The number of benzene rings is 1. The molecule has 1 aromatic rings. The average molecular weight is 321 g/mol. The van der Waals surface area contributed by atoms with E-state index in [2.05, 4.69) is 0 Å². The predicted molar refractivity (Wildman–Crippen MR) is 84.4 cm³/mol. The molecule has 0 radical (unpaired) electrons. The third kappa shape index (κ3) is 3.27. The van der Waals surface area contributed by atoms with E-state index in [4.69, 9.17) is 0 Å². The van der Waals surface area contributed by atoms with Gasteiger partial charge in [0.25, 0.3) is 0 Å². The first-order valence-corrected chi connectivity index (χ1v) is 7.91. The molecule has 1 amide bonds. The lowest BCUT2D eigenvalue weighted by Crippen LogP contribution is -2.52. The molecule has 6 heteroatoms. The van der Waals surface area contributed by atoms with Crippen LogP contribution in [0.1, 0.15) is 25.8 Å². The van der Waals surface area contributed by atoms with Crippen LogP contribution in [0.5, 0.6) is 0 Å². The molecule has 2 N–H and O–H groups in total. The Hall–Kier alpha value is -1.95. The van der Waals surface area contributed by atoms with E-state index in [1.165, 1.54) is 16.7 Å². The van der Waals surface area contributed by atoms with E-state index in [1.54, 1.807) is 13.8 Å². The molecule has 1 atom stereocenters. The Balaban J connectivity index is 2.24. The van der Waals surface area contributed by atoms with Crippen molar-refractivity contribution in [3.05, 3.63) is 41.3 Å². The SMILES string of the molecule is Cc1ccc(SC2CC(=O)N2C(C(=O)O)=C(O)C(C)C)cc1. The summed E-state index contributed by atoms with van der Waals surface area (Å²) in [4.78, 5) is 25.5. The Bertz CT molecular complexity index is 622. The highest BCUT2D eigenvalue weighted by Gasteiger charge is 2.43. The largest absolute Gasteiger partial charge is 0.510 e. The summed E-state index contributed by atoms with van der Waals surface area (Å²) in [6.07, 6.45) is 0.265. The number of carbonyl (C=O) groups is 2. The maximum Gasteiger partial charge on any atom is 0.356 e. The van der Waals surface area contributed by atoms with Crippen molar-refractivity contribution in [2.45, 2.75) is 37.5 Å². The smallest absolute Gasteiger partial charge is 0.356 e. The highest BCUT2D eigenvalue weighted by Crippen LogP contribution is 2.38.